The molecule has 0 aliphatic heterocycles. The topological polar surface area (TPSA) is 30.7 Å². The van der Waals surface area contributed by atoms with Crippen LogP contribution >= 0.6 is 0 Å². The van der Waals surface area contributed by atoms with E-state index in [1.165, 1.54) is 31.4 Å². The predicted octanol–water partition coefficient (Wildman–Crippen LogP) is 3.69. The van der Waals surface area contributed by atoms with E-state index >= 15 is 0 Å². The molecule has 0 fully saturated rings. The second kappa shape index (κ2) is 7.46. The lowest BCUT2D eigenvalue weighted by Gasteiger charge is -2.15. The molecule has 0 radical (unpaired) electrons. The summed E-state index contributed by atoms with van der Waals surface area (Å²) in [5.74, 6) is 1.54. The van der Waals surface area contributed by atoms with Crippen molar-refractivity contribution in [1.82, 2.24) is 15.0 Å². The van der Waals surface area contributed by atoms with Crippen molar-refractivity contribution >= 4 is 0 Å². The number of aryl methyl sites for hydroxylation is 2. The fourth-order valence-electron chi connectivity index (χ4n) is 1.88. The van der Waals surface area contributed by atoms with Crippen molar-refractivity contribution in [1.29, 1.82) is 0 Å². The maximum atomic E-state index is 4.18. The molecule has 1 heterocycles. The largest absolute Gasteiger partial charge is 0.249 e. The molecule has 0 saturated heterocycles. The van der Waals surface area contributed by atoms with Crippen molar-refractivity contribution in [2.24, 2.45) is 11.8 Å². The Morgan fingerprint density at radius 2 is 2.00 bits per heavy atom. The predicted molar refractivity (Wildman–Crippen MR) is 71.9 cm³/mol. The third-order valence-electron chi connectivity index (χ3n) is 3.67. The highest BCUT2D eigenvalue weighted by Gasteiger charge is 2.09. The van der Waals surface area contributed by atoms with E-state index in [9.17, 15) is 0 Å². The Kier molecular flexibility index (Phi) is 6.23. The van der Waals surface area contributed by atoms with Crippen LogP contribution in [0.25, 0.3) is 0 Å². The monoisotopic (exact) mass is 237 g/mol. The Morgan fingerprint density at radius 1 is 1.24 bits per heavy atom. The van der Waals surface area contributed by atoms with Crippen LogP contribution in [-0.4, -0.2) is 15.0 Å². The van der Waals surface area contributed by atoms with E-state index in [-0.39, 0.29) is 0 Å². The molecule has 0 aliphatic carbocycles. The third-order valence-corrected chi connectivity index (χ3v) is 3.67. The van der Waals surface area contributed by atoms with Crippen molar-refractivity contribution in [2.75, 3.05) is 0 Å². The molecule has 0 aromatic carbocycles. The lowest BCUT2D eigenvalue weighted by Crippen LogP contribution is -2.09. The first kappa shape index (κ1) is 14.2. The molecule has 1 aromatic heterocycles. The van der Waals surface area contributed by atoms with Crippen LogP contribution in [0.15, 0.2) is 6.20 Å². The molecule has 0 bridgehead atoms. The maximum Gasteiger partial charge on any atom is 0.0725 e. The summed E-state index contributed by atoms with van der Waals surface area (Å²) in [6.07, 6.45) is 8.03. The van der Waals surface area contributed by atoms with E-state index in [1.807, 2.05) is 6.20 Å². The SMILES string of the molecule is CCCCCn1nncc1CCC(C)C(C)C. The highest BCUT2D eigenvalue weighted by Crippen LogP contribution is 2.16. The summed E-state index contributed by atoms with van der Waals surface area (Å²) in [4.78, 5) is 0. The van der Waals surface area contributed by atoms with Gasteiger partial charge in [0.2, 0.25) is 0 Å². The lowest BCUT2D eigenvalue weighted by atomic mass is 9.93. The van der Waals surface area contributed by atoms with Gasteiger partial charge in [-0.2, -0.15) is 0 Å². The maximum absolute atomic E-state index is 4.18. The van der Waals surface area contributed by atoms with E-state index in [1.54, 1.807) is 0 Å². The van der Waals surface area contributed by atoms with Crippen LogP contribution in [0.3, 0.4) is 0 Å². The van der Waals surface area contributed by atoms with Crippen LogP contribution in [0.5, 0.6) is 0 Å². The van der Waals surface area contributed by atoms with Crippen LogP contribution in [0.1, 0.15) is 59.1 Å². The van der Waals surface area contributed by atoms with Gasteiger partial charge in [0, 0.05) is 6.54 Å². The molecule has 3 heteroatoms. The van der Waals surface area contributed by atoms with Gasteiger partial charge >= 0.3 is 0 Å². The summed E-state index contributed by atoms with van der Waals surface area (Å²) in [6.45, 7) is 10.2. The Hall–Kier alpha value is -0.860. The summed E-state index contributed by atoms with van der Waals surface area (Å²) in [7, 11) is 0. The van der Waals surface area contributed by atoms with Crippen molar-refractivity contribution in [2.45, 2.75) is 66.3 Å². The number of hydrogen-bond donors (Lipinski definition) is 0. The van der Waals surface area contributed by atoms with Crippen LogP contribution in [0, 0.1) is 11.8 Å². The Morgan fingerprint density at radius 3 is 2.65 bits per heavy atom. The minimum Gasteiger partial charge on any atom is -0.249 e. The second-order valence-electron chi connectivity index (χ2n) is 5.42. The Balaban J connectivity index is 2.40. The normalized spacial score (nSPS) is 13.2. The Labute approximate surface area is 106 Å². The van der Waals surface area contributed by atoms with Crippen LogP contribution in [0.2, 0.25) is 0 Å². The quantitative estimate of drug-likeness (QED) is 0.646. The molecule has 0 N–H and O–H groups in total. The first-order chi connectivity index (χ1) is 8.15. The average Bonchev–Trinajstić information content (AvgIpc) is 2.74. The van der Waals surface area contributed by atoms with E-state index < -0.39 is 0 Å². The van der Waals surface area contributed by atoms with Crippen LogP contribution < -0.4 is 0 Å². The fraction of sp³-hybridized carbons (Fsp3) is 0.857. The molecule has 0 spiro atoms. The van der Waals surface area contributed by atoms with Gasteiger partial charge in [-0.15, -0.1) is 5.10 Å². The standard InChI is InChI=1S/C14H27N3/c1-5-6-7-10-17-14(11-15-16-17)9-8-13(4)12(2)3/h11-13H,5-10H2,1-4H3. The van der Waals surface area contributed by atoms with E-state index in [0.717, 1.165) is 24.8 Å². The van der Waals surface area contributed by atoms with Gasteiger partial charge in [0.1, 0.15) is 0 Å². The number of hydrogen-bond acceptors (Lipinski definition) is 2. The number of rotatable bonds is 8. The summed E-state index contributed by atoms with van der Waals surface area (Å²) in [5.41, 5.74) is 1.30. The molecule has 98 valence electrons. The highest BCUT2D eigenvalue weighted by atomic mass is 15.4. The summed E-state index contributed by atoms with van der Waals surface area (Å²) in [5, 5.41) is 8.21. The van der Waals surface area contributed by atoms with E-state index in [4.69, 9.17) is 0 Å². The highest BCUT2D eigenvalue weighted by molar-refractivity contribution is 4.94. The molecule has 0 aliphatic rings. The molecular formula is C14H27N3. The smallest absolute Gasteiger partial charge is 0.0725 e. The zero-order valence-electron chi connectivity index (χ0n) is 11.8. The van der Waals surface area contributed by atoms with Gasteiger partial charge in [0.25, 0.3) is 0 Å². The summed E-state index contributed by atoms with van der Waals surface area (Å²) >= 11 is 0. The molecule has 1 unspecified atom stereocenters. The van der Waals surface area contributed by atoms with Crippen molar-refractivity contribution in [3.63, 3.8) is 0 Å². The van der Waals surface area contributed by atoms with Gasteiger partial charge in [0.15, 0.2) is 0 Å². The summed E-state index contributed by atoms with van der Waals surface area (Å²) in [6, 6.07) is 0. The van der Waals surface area contributed by atoms with Crippen molar-refractivity contribution in [3.8, 4) is 0 Å². The minimum absolute atomic E-state index is 0.763. The van der Waals surface area contributed by atoms with Crippen molar-refractivity contribution < 1.29 is 0 Å². The Bertz CT molecular complexity index is 304. The molecular weight excluding hydrogens is 210 g/mol. The van der Waals surface area contributed by atoms with Crippen LogP contribution in [0.4, 0.5) is 0 Å². The van der Waals surface area contributed by atoms with Gasteiger partial charge in [-0.1, -0.05) is 45.7 Å². The minimum atomic E-state index is 0.763. The van der Waals surface area contributed by atoms with Crippen LogP contribution in [-0.2, 0) is 13.0 Å². The second-order valence-corrected chi connectivity index (χ2v) is 5.42. The zero-order valence-corrected chi connectivity index (χ0v) is 11.8. The molecule has 0 saturated carbocycles. The van der Waals surface area contributed by atoms with E-state index in [0.29, 0.717) is 0 Å². The number of nitrogens with zero attached hydrogens (tertiary/aromatic N) is 3. The third kappa shape index (κ3) is 4.88. The molecule has 1 rings (SSSR count). The first-order valence-electron chi connectivity index (χ1n) is 7.02. The zero-order chi connectivity index (χ0) is 12.7. The van der Waals surface area contributed by atoms with Gasteiger partial charge in [-0.25, -0.2) is 4.68 Å². The van der Waals surface area contributed by atoms with Gasteiger partial charge in [-0.3, -0.25) is 0 Å². The van der Waals surface area contributed by atoms with Gasteiger partial charge < -0.3 is 0 Å². The van der Waals surface area contributed by atoms with Crippen molar-refractivity contribution in [3.05, 3.63) is 11.9 Å². The van der Waals surface area contributed by atoms with Gasteiger partial charge in [-0.05, 0) is 31.1 Å². The molecule has 0 amide bonds. The van der Waals surface area contributed by atoms with Gasteiger partial charge in [0.05, 0.1) is 11.9 Å². The van der Waals surface area contributed by atoms with E-state index in [2.05, 4.69) is 42.7 Å². The molecule has 1 aromatic rings. The molecule has 1 atom stereocenters. The first-order valence-corrected chi connectivity index (χ1v) is 7.02. The number of aromatic nitrogens is 3. The molecule has 17 heavy (non-hydrogen) atoms. The lowest BCUT2D eigenvalue weighted by molar-refractivity contribution is 0.386. The summed E-state index contributed by atoms with van der Waals surface area (Å²) < 4.78 is 2.09. The number of unbranched alkanes of at least 4 members (excludes halogenated alkanes) is 2. The fourth-order valence-corrected chi connectivity index (χ4v) is 1.88. The average molecular weight is 237 g/mol. The molecule has 3 nitrogen and oxygen atoms in total.